The quantitative estimate of drug-likeness (QED) is 0.793. The van der Waals surface area contributed by atoms with Crippen LogP contribution in [0, 0.1) is 6.92 Å². The Morgan fingerprint density at radius 1 is 1.00 bits per heavy atom. The second-order valence-electron chi connectivity index (χ2n) is 4.82. The van der Waals surface area contributed by atoms with Crippen LogP contribution in [-0.4, -0.2) is 17.1 Å². The maximum Gasteiger partial charge on any atom is 0.126 e. The summed E-state index contributed by atoms with van der Waals surface area (Å²) in [6, 6.07) is 15.9. The van der Waals surface area contributed by atoms with Crippen molar-refractivity contribution in [3.8, 4) is 5.75 Å². The molecule has 0 atom stereocenters. The molecule has 1 heterocycles. The van der Waals surface area contributed by atoms with Gasteiger partial charge in [-0.3, -0.25) is 0 Å². The van der Waals surface area contributed by atoms with Crippen molar-refractivity contribution >= 4 is 16.6 Å². The first-order valence-electron chi connectivity index (χ1n) is 6.86. The fraction of sp³-hybridized carbons (Fsp3) is 0.176. The Morgan fingerprint density at radius 2 is 1.76 bits per heavy atom. The van der Waals surface area contributed by atoms with Gasteiger partial charge in [0.25, 0.3) is 0 Å². The predicted octanol–water partition coefficient (Wildman–Crippen LogP) is 3.56. The Kier molecular flexibility index (Phi) is 3.69. The van der Waals surface area contributed by atoms with Crippen LogP contribution in [-0.2, 0) is 6.54 Å². The molecule has 0 aliphatic rings. The highest BCUT2D eigenvalue weighted by Crippen LogP contribution is 2.19. The highest BCUT2D eigenvalue weighted by Gasteiger charge is 2.05. The minimum absolute atomic E-state index is 0.663. The van der Waals surface area contributed by atoms with Crippen LogP contribution in [0.3, 0.4) is 0 Å². The van der Waals surface area contributed by atoms with Gasteiger partial charge in [0.1, 0.15) is 11.6 Å². The first-order chi connectivity index (χ1) is 10.3. The number of hydrogen-bond acceptors (Lipinski definition) is 4. The Labute approximate surface area is 123 Å². The van der Waals surface area contributed by atoms with E-state index in [2.05, 4.69) is 21.4 Å². The summed E-state index contributed by atoms with van der Waals surface area (Å²) >= 11 is 0. The maximum atomic E-state index is 5.16. The fourth-order valence-corrected chi connectivity index (χ4v) is 2.30. The summed E-state index contributed by atoms with van der Waals surface area (Å²) in [5, 5.41) is 4.47. The van der Waals surface area contributed by atoms with E-state index in [1.807, 2.05) is 49.4 Å². The highest BCUT2D eigenvalue weighted by molar-refractivity contribution is 5.81. The van der Waals surface area contributed by atoms with E-state index in [0.29, 0.717) is 6.54 Å². The molecule has 2 aromatic carbocycles. The molecule has 21 heavy (non-hydrogen) atoms. The summed E-state index contributed by atoms with van der Waals surface area (Å²) in [6.45, 7) is 2.58. The molecule has 0 radical (unpaired) electrons. The van der Waals surface area contributed by atoms with Crippen molar-refractivity contribution in [2.24, 2.45) is 0 Å². The molecule has 106 valence electrons. The van der Waals surface area contributed by atoms with E-state index in [-0.39, 0.29) is 0 Å². The number of rotatable bonds is 4. The fourth-order valence-electron chi connectivity index (χ4n) is 2.30. The van der Waals surface area contributed by atoms with E-state index in [0.717, 1.165) is 33.9 Å². The van der Waals surface area contributed by atoms with Gasteiger partial charge in [0.2, 0.25) is 0 Å². The molecule has 0 fully saturated rings. The van der Waals surface area contributed by atoms with Gasteiger partial charge in [0, 0.05) is 11.1 Å². The number of aromatic nitrogens is 2. The van der Waals surface area contributed by atoms with Crippen molar-refractivity contribution < 1.29 is 4.74 Å². The highest BCUT2D eigenvalue weighted by atomic mass is 16.5. The Hall–Kier alpha value is -2.62. The third-order valence-corrected chi connectivity index (χ3v) is 3.34. The van der Waals surface area contributed by atoms with Gasteiger partial charge in [0.15, 0.2) is 0 Å². The summed E-state index contributed by atoms with van der Waals surface area (Å²) in [5.74, 6) is 1.64. The Morgan fingerprint density at radius 3 is 2.52 bits per heavy atom. The van der Waals surface area contributed by atoms with E-state index in [1.54, 1.807) is 7.11 Å². The van der Waals surface area contributed by atoms with Gasteiger partial charge in [-0.25, -0.2) is 9.97 Å². The van der Waals surface area contributed by atoms with E-state index in [4.69, 9.17) is 4.74 Å². The topological polar surface area (TPSA) is 47.0 Å². The van der Waals surface area contributed by atoms with Gasteiger partial charge < -0.3 is 10.1 Å². The van der Waals surface area contributed by atoms with Crippen molar-refractivity contribution in [3.05, 3.63) is 60.0 Å². The summed E-state index contributed by atoms with van der Waals surface area (Å²) in [5.41, 5.74) is 3.03. The lowest BCUT2D eigenvalue weighted by Gasteiger charge is -2.10. The van der Waals surface area contributed by atoms with Crippen LogP contribution in [0.2, 0.25) is 0 Å². The van der Waals surface area contributed by atoms with Gasteiger partial charge in [-0.05, 0) is 37.3 Å². The Bertz CT molecular complexity index is 754. The SMILES string of the molecule is COc1ccc(NCc2nc(C)nc3ccccc23)cc1. The minimum atomic E-state index is 0.663. The largest absolute Gasteiger partial charge is 0.497 e. The van der Waals surface area contributed by atoms with Gasteiger partial charge in [-0.15, -0.1) is 0 Å². The molecular weight excluding hydrogens is 262 g/mol. The molecule has 0 spiro atoms. The number of ether oxygens (including phenoxy) is 1. The smallest absolute Gasteiger partial charge is 0.126 e. The third kappa shape index (κ3) is 2.94. The van der Waals surface area contributed by atoms with E-state index in [1.165, 1.54) is 0 Å². The van der Waals surface area contributed by atoms with E-state index in [9.17, 15) is 0 Å². The molecule has 0 unspecified atom stereocenters. The van der Waals surface area contributed by atoms with Crippen molar-refractivity contribution in [2.45, 2.75) is 13.5 Å². The molecule has 3 aromatic rings. The molecule has 4 heteroatoms. The summed E-state index contributed by atoms with van der Waals surface area (Å²) < 4.78 is 5.16. The molecule has 0 aliphatic heterocycles. The van der Waals surface area contributed by atoms with Crippen LogP contribution >= 0.6 is 0 Å². The maximum absolute atomic E-state index is 5.16. The lowest BCUT2D eigenvalue weighted by molar-refractivity contribution is 0.415. The molecule has 1 aromatic heterocycles. The zero-order valence-electron chi connectivity index (χ0n) is 12.1. The minimum Gasteiger partial charge on any atom is -0.497 e. The number of methoxy groups -OCH3 is 1. The molecule has 0 bridgehead atoms. The first kappa shape index (κ1) is 13.4. The molecule has 4 nitrogen and oxygen atoms in total. The van der Waals surface area contributed by atoms with Crippen molar-refractivity contribution in [1.82, 2.24) is 9.97 Å². The molecule has 3 rings (SSSR count). The van der Waals surface area contributed by atoms with Gasteiger partial charge in [-0.1, -0.05) is 18.2 Å². The molecule has 0 saturated carbocycles. The number of hydrogen-bond donors (Lipinski definition) is 1. The van der Waals surface area contributed by atoms with E-state index >= 15 is 0 Å². The van der Waals surface area contributed by atoms with Crippen molar-refractivity contribution in [2.75, 3.05) is 12.4 Å². The zero-order valence-corrected chi connectivity index (χ0v) is 12.1. The predicted molar refractivity (Wildman–Crippen MR) is 84.6 cm³/mol. The van der Waals surface area contributed by atoms with E-state index < -0.39 is 0 Å². The zero-order chi connectivity index (χ0) is 14.7. The van der Waals surface area contributed by atoms with Crippen LogP contribution in [0.25, 0.3) is 10.9 Å². The summed E-state index contributed by atoms with van der Waals surface area (Å²) in [4.78, 5) is 9.01. The van der Waals surface area contributed by atoms with Crippen LogP contribution < -0.4 is 10.1 Å². The number of para-hydroxylation sites is 1. The van der Waals surface area contributed by atoms with Crippen LogP contribution in [0.5, 0.6) is 5.75 Å². The summed E-state index contributed by atoms with van der Waals surface area (Å²) in [7, 11) is 1.66. The number of nitrogens with zero attached hydrogens (tertiary/aromatic N) is 2. The molecule has 1 N–H and O–H groups in total. The number of fused-ring (bicyclic) bond motifs is 1. The lowest BCUT2D eigenvalue weighted by atomic mass is 10.2. The average molecular weight is 279 g/mol. The van der Waals surface area contributed by atoms with Gasteiger partial charge in [0.05, 0.1) is 24.9 Å². The molecule has 0 saturated heterocycles. The second kappa shape index (κ2) is 5.79. The monoisotopic (exact) mass is 279 g/mol. The first-order valence-corrected chi connectivity index (χ1v) is 6.86. The van der Waals surface area contributed by atoms with Crippen LogP contribution in [0.1, 0.15) is 11.5 Å². The number of nitrogens with one attached hydrogen (secondary N) is 1. The second-order valence-corrected chi connectivity index (χ2v) is 4.82. The van der Waals surface area contributed by atoms with Crippen LogP contribution in [0.15, 0.2) is 48.5 Å². The van der Waals surface area contributed by atoms with Crippen LogP contribution in [0.4, 0.5) is 5.69 Å². The van der Waals surface area contributed by atoms with Gasteiger partial charge in [-0.2, -0.15) is 0 Å². The number of aryl methyl sites for hydroxylation is 1. The lowest BCUT2D eigenvalue weighted by Crippen LogP contribution is -2.04. The van der Waals surface area contributed by atoms with Crippen molar-refractivity contribution in [3.63, 3.8) is 0 Å². The normalized spacial score (nSPS) is 10.6. The average Bonchev–Trinajstić information content (AvgIpc) is 2.53. The van der Waals surface area contributed by atoms with Crippen molar-refractivity contribution in [1.29, 1.82) is 0 Å². The summed E-state index contributed by atoms with van der Waals surface area (Å²) in [6.07, 6.45) is 0. The van der Waals surface area contributed by atoms with Gasteiger partial charge >= 0.3 is 0 Å². The number of anilines is 1. The molecular formula is C17H17N3O. The Balaban J connectivity index is 1.84. The standard InChI is InChI=1S/C17H17N3O/c1-12-19-16-6-4-3-5-15(16)17(20-12)11-18-13-7-9-14(21-2)10-8-13/h3-10,18H,11H2,1-2H3. The number of benzene rings is 2. The third-order valence-electron chi connectivity index (χ3n) is 3.34. The molecule has 0 aliphatic carbocycles. The molecule has 0 amide bonds.